The summed E-state index contributed by atoms with van der Waals surface area (Å²) in [5, 5.41) is 18.9. The van der Waals surface area contributed by atoms with Gasteiger partial charge in [-0.2, -0.15) is 5.10 Å². The maximum absolute atomic E-state index is 11.2. The van der Waals surface area contributed by atoms with E-state index in [4.69, 9.17) is 0 Å². The summed E-state index contributed by atoms with van der Waals surface area (Å²) in [5.74, 6) is 0.553. The first kappa shape index (κ1) is 16.6. The van der Waals surface area contributed by atoms with Crippen molar-refractivity contribution in [3.8, 4) is 0 Å². The highest BCUT2D eigenvalue weighted by Crippen LogP contribution is 2.24. The first-order valence-electron chi connectivity index (χ1n) is 7.27. The van der Waals surface area contributed by atoms with Gasteiger partial charge in [0.1, 0.15) is 11.4 Å². The van der Waals surface area contributed by atoms with E-state index in [1.54, 1.807) is 18.7 Å². The van der Waals surface area contributed by atoms with Crippen LogP contribution < -0.4 is 5.32 Å². The van der Waals surface area contributed by atoms with Gasteiger partial charge in [-0.3, -0.25) is 14.8 Å². The molecule has 1 unspecified atom stereocenters. The summed E-state index contributed by atoms with van der Waals surface area (Å²) in [6, 6.07) is 0.253. The predicted molar refractivity (Wildman–Crippen MR) is 79.8 cm³/mol. The molecule has 0 saturated heterocycles. The Hall–Kier alpha value is -1.43. The Morgan fingerprint density at radius 2 is 2.10 bits per heavy atom. The van der Waals surface area contributed by atoms with Crippen LogP contribution in [0.4, 0.5) is 5.69 Å². The molecular formula is C14H26N4O2. The smallest absolute Gasteiger partial charge is 0.313 e. The van der Waals surface area contributed by atoms with Crippen LogP contribution in [0.25, 0.3) is 0 Å². The Bertz CT molecular complexity index is 454. The standard InChI is InChI=1S/C14H26N4O2/c1-6-7-15-12(8-10(2)3)9-13-14(18(19)20)11(4)16-17(13)5/h10,12,15H,6-9H2,1-5H3. The van der Waals surface area contributed by atoms with Gasteiger partial charge < -0.3 is 5.32 Å². The lowest BCUT2D eigenvalue weighted by Gasteiger charge is -2.20. The van der Waals surface area contributed by atoms with Gasteiger partial charge in [-0.05, 0) is 32.2 Å². The van der Waals surface area contributed by atoms with Gasteiger partial charge in [0.15, 0.2) is 0 Å². The molecular weight excluding hydrogens is 256 g/mol. The number of nitrogens with one attached hydrogen (secondary N) is 1. The lowest BCUT2D eigenvalue weighted by molar-refractivity contribution is -0.386. The summed E-state index contributed by atoms with van der Waals surface area (Å²) in [7, 11) is 1.78. The molecule has 20 heavy (non-hydrogen) atoms. The zero-order valence-electron chi connectivity index (χ0n) is 13.1. The minimum absolute atomic E-state index is 0.166. The van der Waals surface area contributed by atoms with Crippen LogP contribution in [0.3, 0.4) is 0 Å². The number of nitro groups is 1. The van der Waals surface area contributed by atoms with E-state index in [-0.39, 0.29) is 16.7 Å². The molecule has 6 heteroatoms. The van der Waals surface area contributed by atoms with Crippen molar-refractivity contribution in [3.05, 3.63) is 21.5 Å². The summed E-state index contributed by atoms with van der Waals surface area (Å²) >= 11 is 0. The molecule has 1 atom stereocenters. The minimum Gasteiger partial charge on any atom is -0.314 e. The fraction of sp³-hybridized carbons (Fsp3) is 0.786. The molecule has 0 aliphatic carbocycles. The SMILES string of the molecule is CCCNC(Cc1c([N+](=O)[O-])c(C)nn1C)CC(C)C. The Kier molecular flexibility index (Phi) is 6.13. The normalized spacial score (nSPS) is 12.9. The number of rotatable bonds is 8. The molecule has 1 rings (SSSR count). The first-order valence-corrected chi connectivity index (χ1v) is 7.27. The third-order valence-corrected chi connectivity index (χ3v) is 3.37. The van der Waals surface area contributed by atoms with Gasteiger partial charge >= 0.3 is 5.69 Å². The quantitative estimate of drug-likeness (QED) is 0.587. The lowest BCUT2D eigenvalue weighted by atomic mass is 9.99. The second-order valence-electron chi connectivity index (χ2n) is 5.75. The van der Waals surface area contributed by atoms with Crippen LogP contribution in [0.2, 0.25) is 0 Å². The van der Waals surface area contributed by atoms with Crippen LogP contribution >= 0.6 is 0 Å². The van der Waals surface area contributed by atoms with E-state index in [1.807, 2.05) is 0 Å². The lowest BCUT2D eigenvalue weighted by Crippen LogP contribution is -2.33. The second kappa shape index (κ2) is 7.38. The van der Waals surface area contributed by atoms with Crippen molar-refractivity contribution in [2.24, 2.45) is 13.0 Å². The fourth-order valence-corrected chi connectivity index (χ4v) is 2.55. The van der Waals surface area contributed by atoms with Crippen molar-refractivity contribution < 1.29 is 4.92 Å². The molecule has 0 bridgehead atoms. The van der Waals surface area contributed by atoms with Crippen molar-refractivity contribution in [2.45, 2.75) is 53.0 Å². The average Bonchev–Trinajstić information content (AvgIpc) is 2.60. The number of nitrogens with zero attached hydrogens (tertiary/aromatic N) is 3. The van der Waals surface area contributed by atoms with Crippen molar-refractivity contribution in [2.75, 3.05) is 6.54 Å². The first-order chi connectivity index (χ1) is 9.36. The van der Waals surface area contributed by atoms with Crippen molar-refractivity contribution in [1.29, 1.82) is 0 Å². The molecule has 1 aromatic heterocycles. The predicted octanol–water partition coefficient (Wildman–Crippen LogP) is 2.59. The summed E-state index contributed by atoms with van der Waals surface area (Å²) in [5.41, 5.74) is 1.37. The number of aromatic nitrogens is 2. The maximum Gasteiger partial charge on any atom is 0.313 e. The van der Waals surface area contributed by atoms with Crippen LogP contribution in [0.15, 0.2) is 0 Å². The molecule has 0 aliphatic rings. The number of hydrogen-bond acceptors (Lipinski definition) is 4. The molecule has 0 saturated carbocycles. The summed E-state index contributed by atoms with van der Waals surface area (Å²) in [6.07, 6.45) is 2.70. The Morgan fingerprint density at radius 3 is 2.60 bits per heavy atom. The third kappa shape index (κ3) is 4.30. The van der Waals surface area contributed by atoms with E-state index in [0.717, 1.165) is 19.4 Å². The largest absolute Gasteiger partial charge is 0.314 e. The highest BCUT2D eigenvalue weighted by Gasteiger charge is 2.26. The zero-order chi connectivity index (χ0) is 15.3. The molecule has 1 N–H and O–H groups in total. The van der Waals surface area contributed by atoms with Crippen molar-refractivity contribution in [3.63, 3.8) is 0 Å². The topological polar surface area (TPSA) is 73.0 Å². The molecule has 0 radical (unpaired) electrons. The Morgan fingerprint density at radius 1 is 1.45 bits per heavy atom. The van der Waals surface area contributed by atoms with Gasteiger partial charge in [0, 0.05) is 19.5 Å². The van der Waals surface area contributed by atoms with Crippen LogP contribution in [-0.2, 0) is 13.5 Å². The van der Waals surface area contributed by atoms with Crippen molar-refractivity contribution >= 4 is 5.69 Å². The minimum atomic E-state index is -0.316. The van der Waals surface area contributed by atoms with E-state index in [1.165, 1.54) is 0 Å². The molecule has 0 fully saturated rings. The summed E-state index contributed by atoms with van der Waals surface area (Å²) < 4.78 is 1.65. The van der Waals surface area contributed by atoms with Gasteiger partial charge in [0.2, 0.25) is 0 Å². The van der Waals surface area contributed by atoms with Crippen LogP contribution in [0, 0.1) is 23.0 Å². The zero-order valence-corrected chi connectivity index (χ0v) is 13.1. The van der Waals surface area contributed by atoms with Gasteiger partial charge in [-0.15, -0.1) is 0 Å². The van der Waals surface area contributed by atoms with E-state index in [9.17, 15) is 10.1 Å². The molecule has 1 aromatic rings. The Labute approximate surface area is 120 Å². The number of aryl methyl sites for hydroxylation is 2. The van der Waals surface area contributed by atoms with Crippen LogP contribution in [-0.4, -0.2) is 27.3 Å². The van der Waals surface area contributed by atoms with Gasteiger partial charge in [-0.25, -0.2) is 0 Å². The summed E-state index contributed by atoms with van der Waals surface area (Å²) in [4.78, 5) is 10.9. The molecule has 0 aromatic carbocycles. The molecule has 0 amide bonds. The molecule has 114 valence electrons. The monoisotopic (exact) mass is 282 g/mol. The summed E-state index contributed by atoms with van der Waals surface area (Å²) in [6.45, 7) is 9.09. The highest BCUT2D eigenvalue weighted by molar-refractivity contribution is 5.40. The van der Waals surface area contributed by atoms with Gasteiger partial charge in [0.05, 0.1) is 4.92 Å². The van der Waals surface area contributed by atoms with E-state index in [0.29, 0.717) is 23.7 Å². The maximum atomic E-state index is 11.2. The third-order valence-electron chi connectivity index (χ3n) is 3.37. The average molecular weight is 282 g/mol. The van der Waals surface area contributed by atoms with Crippen LogP contribution in [0.5, 0.6) is 0 Å². The fourth-order valence-electron chi connectivity index (χ4n) is 2.55. The molecule has 6 nitrogen and oxygen atoms in total. The van der Waals surface area contributed by atoms with Gasteiger partial charge in [0.25, 0.3) is 0 Å². The van der Waals surface area contributed by atoms with E-state index >= 15 is 0 Å². The van der Waals surface area contributed by atoms with E-state index in [2.05, 4.69) is 31.2 Å². The van der Waals surface area contributed by atoms with Crippen LogP contribution in [0.1, 0.15) is 45.0 Å². The van der Waals surface area contributed by atoms with E-state index < -0.39 is 0 Å². The molecule has 1 heterocycles. The van der Waals surface area contributed by atoms with Crippen molar-refractivity contribution in [1.82, 2.24) is 15.1 Å². The highest BCUT2D eigenvalue weighted by atomic mass is 16.6. The van der Waals surface area contributed by atoms with Gasteiger partial charge in [-0.1, -0.05) is 20.8 Å². The molecule has 0 aliphatic heterocycles. The number of hydrogen-bond donors (Lipinski definition) is 1. The Balaban J connectivity index is 2.94. The second-order valence-corrected chi connectivity index (χ2v) is 5.75. The molecule has 0 spiro atoms.